The Morgan fingerprint density at radius 2 is 2.39 bits per heavy atom. The van der Waals surface area contributed by atoms with Crippen LogP contribution in [0.15, 0.2) is 18.3 Å². The third-order valence-corrected chi connectivity index (χ3v) is 3.78. The Labute approximate surface area is 108 Å². The first-order valence-corrected chi connectivity index (χ1v) is 6.32. The van der Waals surface area contributed by atoms with Gasteiger partial charge in [-0.25, -0.2) is 4.98 Å². The van der Waals surface area contributed by atoms with Crippen molar-refractivity contribution >= 4 is 5.82 Å². The second-order valence-corrected chi connectivity index (χ2v) is 5.21. The zero-order valence-corrected chi connectivity index (χ0v) is 11.1. The van der Waals surface area contributed by atoms with E-state index in [2.05, 4.69) is 30.2 Å². The Bertz CT molecular complexity index is 464. The van der Waals surface area contributed by atoms with Crippen molar-refractivity contribution in [2.24, 2.45) is 5.41 Å². The lowest BCUT2D eigenvalue weighted by Gasteiger charge is -2.51. The van der Waals surface area contributed by atoms with Gasteiger partial charge in [-0.05, 0) is 25.5 Å². The first kappa shape index (κ1) is 12.8. The van der Waals surface area contributed by atoms with Crippen molar-refractivity contribution in [2.75, 3.05) is 11.9 Å². The second-order valence-electron chi connectivity index (χ2n) is 5.21. The number of anilines is 1. The van der Waals surface area contributed by atoms with Crippen molar-refractivity contribution in [3.8, 4) is 6.07 Å². The largest absolute Gasteiger partial charge is 0.378 e. The second kappa shape index (κ2) is 4.95. The van der Waals surface area contributed by atoms with Crippen LogP contribution in [0.25, 0.3) is 0 Å². The third kappa shape index (κ3) is 2.19. The first-order chi connectivity index (χ1) is 8.59. The summed E-state index contributed by atoms with van der Waals surface area (Å²) in [6, 6.07) is 6.01. The first-order valence-electron chi connectivity index (χ1n) is 6.32. The van der Waals surface area contributed by atoms with E-state index in [4.69, 9.17) is 10.00 Å². The molecule has 0 saturated heterocycles. The van der Waals surface area contributed by atoms with Crippen molar-refractivity contribution in [3.05, 3.63) is 23.9 Å². The van der Waals surface area contributed by atoms with Gasteiger partial charge in [0.1, 0.15) is 11.9 Å². The molecule has 1 fully saturated rings. The summed E-state index contributed by atoms with van der Waals surface area (Å²) in [6.07, 6.45) is 2.95. The SMILES string of the molecule is CCOC1CC(Nc2ncccc2C#N)C1(C)C. The molecule has 96 valence electrons. The van der Waals surface area contributed by atoms with Crippen molar-refractivity contribution in [2.45, 2.75) is 39.3 Å². The van der Waals surface area contributed by atoms with Crippen LogP contribution in [0, 0.1) is 16.7 Å². The average Bonchev–Trinajstić information content (AvgIpc) is 2.38. The molecule has 4 heteroatoms. The Kier molecular flexibility index (Phi) is 3.53. The van der Waals surface area contributed by atoms with Crippen LogP contribution in [0.4, 0.5) is 5.82 Å². The zero-order valence-electron chi connectivity index (χ0n) is 11.1. The van der Waals surface area contributed by atoms with Crippen LogP contribution in [0.5, 0.6) is 0 Å². The molecule has 1 aliphatic rings. The molecule has 2 atom stereocenters. The van der Waals surface area contributed by atoms with Crippen molar-refractivity contribution in [1.82, 2.24) is 4.98 Å². The fourth-order valence-corrected chi connectivity index (χ4v) is 2.39. The standard InChI is InChI=1S/C14H19N3O/c1-4-18-12-8-11(14(12,2)3)17-13-10(9-15)6-5-7-16-13/h5-7,11-12H,4,8H2,1-3H3,(H,16,17). The molecule has 4 nitrogen and oxygen atoms in total. The molecular formula is C14H19N3O. The van der Waals surface area contributed by atoms with Crippen LogP contribution in [0.1, 0.15) is 32.8 Å². The topological polar surface area (TPSA) is 57.9 Å². The highest BCUT2D eigenvalue weighted by Crippen LogP contribution is 2.44. The Hall–Kier alpha value is -1.60. The van der Waals surface area contributed by atoms with Crippen molar-refractivity contribution in [3.63, 3.8) is 0 Å². The van der Waals surface area contributed by atoms with E-state index in [-0.39, 0.29) is 11.5 Å². The number of pyridine rings is 1. The van der Waals surface area contributed by atoms with Gasteiger partial charge in [-0.15, -0.1) is 0 Å². The molecule has 0 aromatic carbocycles. The Morgan fingerprint density at radius 1 is 1.61 bits per heavy atom. The fourth-order valence-electron chi connectivity index (χ4n) is 2.39. The predicted molar refractivity (Wildman–Crippen MR) is 70.2 cm³/mol. The molecule has 1 aliphatic carbocycles. The van der Waals surface area contributed by atoms with Crippen molar-refractivity contribution in [1.29, 1.82) is 5.26 Å². The molecule has 1 aromatic heterocycles. The van der Waals surface area contributed by atoms with Gasteiger partial charge in [0.25, 0.3) is 0 Å². The Balaban J connectivity index is 2.06. The summed E-state index contributed by atoms with van der Waals surface area (Å²) in [5.74, 6) is 0.674. The number of ether oxygens (including phenoxy) is 1. The van der Waals surface area contributed by atoms with Crippen LogP contribution < -0.4 is 5.32 Å². The highest BCUT2D eigenvalue weighted by molar-refractivity contribution is 5.52. The van der Waals surface area contributed by atoms with Gasteiger partial charge < -0.3 is 10.1 Å². The molecule has 0 spiro atoms. The van der Waals surface area contributed by atoms with Gasteiger partial charge in [0.15, 0.2) is 0 Å². The minimum Gasteiger partial charge on any atom is -0.378 e. The minimum atomic E-state index is 0.0697. The van der Waals surface area contributed by atoms with E-state index in [1.807, 2.05) is 6.92 Å². The van der Waals surface area contributed by atoms with Gasteiger partial charge in [-0.3, -0.25) is 0 Å². The van der Waals surface area contributed by atoms with E-state index in [1.165, 1.54) is 0 Å². The molecule has 0 aliphatic heterocycles. The Morgan fingerprint density at radius 3 is 3.00 bits per heavy atom. The predicted octanol–water partition coefficient (Wildman–Crippen LogP) is 2.57. The molecule has 2 rings (SSSR count). The summed E-state index contributed by atoms with van der Waals surface area (Å²) >= 11 is 0. The molecule has 1 saturated carbocycles. The van der Waals surface area contributed by atoms with E-state index in [0.717, 1.165) is 13.0 Å². The fraction of sp³-hybridized carbons (Fsp3) is 0.571. The highest BCUT2D eigenvalue weighted by atomic mass is 16.5. The number of nitrogens with one attached hydrogen (secondary N) is 1. The maximum Gasteiger partial charge on any atom is 0.144 e. The van der Waals surface area contributed by atoms with Crippen LogP contribution in [-0.2, 0) is 4.74 Å². The molecule has 18 heavy (non-hydrogen) atoms. The molecule has 1 N–H and O–H groups in total. The van der Waals surface area contributed by atoms with E-state index in [0.29, 0.717) is 17.4 Å². The zero-order chi connectivity index (χ0) is 13.2. The molecular weight excluding hydrogens is 226 g/mol. The van der Waals surface area contributed by atoms with E-state index in [1.54, 1.807) is 18.3 Å². The molecule has 1 heterocycles. The van der Waals surface area contributed by atoms with Gasteiger partial charge in [0.2, 0.25) is 0 Å². The molecule has 1 aromatic rings. The van der Waals surface area contributed by atoms with Crippen LogP contribution >= 0.6 is 0 Å². The summed E-state index contributed by atoms with van der Waals surface area (Å²) in [5, 5.41) is 12.4. The lowest BCUT2D eigenvalue weighted by molar-refractivity contribution is -0.0976. The number of rotatable bonds is 4. The number of aromatic nitrogens is 1. The monoisotopic (exact) mass is 245 g/mol. The molecule has 0 radical (unpaired) electrons. The van der Waals surface area contributed by atoms with Crippen LogP contribution in [-0.4, -0.2) is 23.7 Å². The lowest BCUT2D eigenvalue weighted by Crippen LogP contribution is -2.58. The quantitative estimate of drug-likeness (QED) is 0.885. The van der Waals surface area contributed by atoms with Gasteiger partial charge in [-0.2, -0.15) is 5.26 Å². The van der Waals surface area contributed by atoms with Gasteiger partial charge in [0.05, 0.1) is 11.7 Å². The number of nitriles is 1. The van der Waals surface area contributed by atoms with Crippen LogP contribution in [0.2, 0.25) is 0 Å². The number of nitrogens with zero attached hydrogens (tertiary/aromatic N) is 2. The smallest absolute Gasteiger partial charge is 0.144 e. The lowest BCUT2D eigenvalue weighted by atomic mass is 9.64. The van der Waals surface area contributed by atoms with Crippen LogP contribution in [0.3, 0.4) is 0 Å². The summed E-state index contributed by atoms with van der Waals surface area (Å²) in [5.41, 5.74) is 0.661. The molecule has 0 bridgehead atoms. The van der Waals surface area contributed by atoms with Gasteiger partial charge in [0, 0.05) is 24.3 Å². The van der Waals surface area contributed by atoms with E-state index >= 15 is 0 Å². The molecule has 2 unspecified atom stereocenters. The van der Waals surface area contributed by atoms with Gasteiger partial charge in [-0.1, -0.05) is 13.8 Å². The minimum absolute atomic E-state index is 0.0697. The third-order valence-electron chi connectivity index (χ3n) is 3.78. The summed E-state index contributed by atoms with van der Waals surface area (Å²) in [6.45, 7) is 7.13. The average molecular weight is 245 g/mol. The maximum absolute atomic E-state index is 9.03. The maximum atomic E-state index is 9.03. The van der Waals surface area contributed by atoms with E-state index in [9.17, 15) is 0 Å². The highest BCUT2D eigenvalue weighted by Gasteiger charge is 2.49. The normalized spacial score (nSPS) is 25.0. The summed E-state index contributed by atoms with van der Waals surface area (Å²) < 4.78 is 5.69. The number of hydrogen-bond acceptors (Lipinski definition) is 4. The van der Waals surface area contributed by atoms with Gasteiger partial charge >= 0.3 is 0 Å². The number of hydrogen-bond donors (Lipinski definition) is 1. The van der Waals surface area contributed by atoms with E-state index < -0.39 is 0 Å². The summed E-state index contributed by atoms with van der Waals surface area (Å²) in [4.78, 5) is 4.23. The molecule has 0 amide bonds. The van der Waals surface area contributed by atoms with Crippen molar-refractivity contribution < 1.29 is 4.74 Å². The summed E-state index contributed by atoms with van der Waals surface area (Å²) in [7, 11) is 0.